The number of rotatable bonds is 7. The molecular formula is C19H31N3O5S2. The average Bonchev–Trinajstić information content (AvgIpc) is 2.68. The van der Waals surface area contributed by atoms with Crippen molar-refractivity contribution in [2.75, 3.05) is 51.6 Å². The zero-order valence-electron chi connectivity index (χ0n) is 17.1. The number of piperazine rings is 1. The van der Waals surface area contributed by atoms with Crippen LogP contribution in [0.2, 0.25) is 0 Å². The van der Waals surface area contributed by atoms with Crippen molar-refractivity contribution in [3.8, 4) is 0 Å². The molecule has 0 saturated carbocycles. The van der Waals surface area contributed by atoms with Gasteiger partial charge in [0.1, 0.15) is 0 Å². The van der Waals surface area contributed by atoms with Crippen molar-refractivity contribution in [3.05, 3.63) is 30.3 Å². The number of hydrogen-bond acceptors (Lipinski definition) is 6. The number of ether oxygens (including phenoxy) is 1. The van der Waals surface area contributed by atoms with E-state index in [9.17, 15) is 16.8 Å². The van der Waals surface area contributed by atoms with E-state index in [-0.39, 0.29) is 18.0 Å². The Hall–Kier alpha value is -1.04. The van der Waals surface area contributed by atoms with Crippen LogP contribution in [0.3, 0.4) is 0 Å². The van der Waals surface area contributed by atoms with Crippen LogP contribution in [0.15, 0.2) is 35.2 Å². The zero-order chi connectivity index (χ0) is 21.1. The summed E-state index contributed by atoms with van der Waals surface area (Å²) in [6, 6.07) is 8.48. The largest absolute Gasteiger partial charge is 0.373 e. The molecule has 0 aliphatic carbocycles. The topological polar surface area (TPSA) is 87.2 Å². The molecule has 2 atom stereocenters. The molecule has 2 fully saturated rings. The van der Waals surface area contributed by atoms with Crippen LogP contribution in [0.25, 0.3) is 0 Å². The third-order valence-electron chi connectivity index (χ3n) is 5.36. The predicted octanol–water partition coefficient (Wildman–Crippen LogP) is 0.822. The second-order valence-electron chi connectivity index (χ2n) is 7.81. The summed E-state index contributed by atoms with van der Waals surface area (Å²) in [5.74, 6) is 0.0963. The average molecular weight is 446 g/mol. The molecule has 164 valence electrons. The summed E-state index contributed by atoms with van der Waals surface area (Å²) in [6.45, 7) is 7.25. The van der Waals surface area contributed by atoms with Crippen molar-refractivity contribution in [1.29, 1.82) is 0 Å². The number of nitrogens with zero attached hydrogens (tertiary/aromatic N) is 3. The highest BCUT2D eigenvalue weighted by Crippen LogP contribution is 2.19. The van der Waals surface area contributed by atoms with Gasteiger partial charge in [-0.2, -0.15) is 17.0 Å². The van der Waals surface area contributed by atoms with E-state index < -0.39 is 20.0 Å². The van der Waals surface area contributed by atoms with Gasteiger partial charge in [0.05, 0.1) is 22.9 Å². The van der Waals surface area contributed by atoms with Gasteiger partial charge in [-0.3, -0.25) is 0 Å². The lowest BCUT2D eigenvalue weighted by molar-refractivity contribution is -0.0457. The summed E-state index contributed by atoms with van der Waals surface area (Å²) >= 11 is 0. The molecule has 2 unspecified atom stereocenters. The number of hydrogen-bond donors (Lipinski definition) is 0. The molecule has 0 bridgehead atoms. The summed E-state index contributed by atoms with van der Waals surface area (Å²) in [4.78, 5) is 2.49. The quantitative estimate of drug-likeness (QED) is 0.618. The normalized spacial score (nSPS) is 25.9. The molecule has 2 aliphatic heterocycles. The van der Waals surface area contributed by atoms with Crippen molar-refractivity contribution >= 4 is 20.0 Å². The molecule has 8 nitrogen and oxygen atoms in total. The SMILES string of the molecule is CC1CN(S(=O)(=O)N2CCN(CCCS(=O)(=O)c3ccccc3)CC2)CC(C)O1. The van der Waals surface area contributed by atoms with Crippen LogP contribution >= 0.6 is 0 Å². The second-order valence-corrected chi connectivity index (χ2v) is 11.8. The van der Waals surface area contributed by atoms with E-state index in [1.165, 1.54) is 8.61 Å². The maximum absolute atomic E-state index is 12.9. The van der Waals surface area contributed by atoms with Gasteiger partial charge in [0.15, 0.2) is 9.84 Å². The lowest BCUT2D eigenvalue weighted by Crippen LogP contribution is -2.57. The van der Waals surface area contributed by atoms with Gasteiger partial charge >= 0.3 is 0 Å². The Kier molecular flexibility index (Phi) is 7.34. The maximum Gasteiger partial charge on any atom is 0.282 e. The number of morpholine rings is 1. The molecule has 1 aromatic carbocycles. The molecule has 2 aliphatic rings. The van der Waals surface area contributed by atoms with Crippen molar-refractivity contribution in [2.24, 2.45) is 0 Å². The van der Waals surface area contributed by atoms with Gasteiger partial charge in [0, 0.05) is 39.3 Å². The highest BCUT2D eigenvalue weighted by molar-refractivity contribution is 7.91. The van der Waals surface area contributed by atoms with Crippen LogP contribution in [0.5, 0.6) is 0 Å². The molecule has 2 heterocycles. The van der Waals surface area contributed by atoms with E-state index in [0.717, 1.165) is 0 Å². The minimum Gasteiger partial charge on any atom is -0.373 e. The first-order chi connectivity index (χ1) is 13.7. The fraction of sp³-hybridized carbons (Fsp3) is 0.684. The molecule has 3 rings (SSSR count). The van der Waals surface area contributed by atoms with E-state index in [2.05, 4.69) is 4.90 Å². The maximum atomic E-state index is 12.9. The highest BCUT2D eigenvalue weighted by atomic mass is 32.2. The first-order valence-electron chi connectivity index (χ1n) is 10.1. The molecule has 10 heteroatoms. The Morgan fingerprint density at radius 3 is 2.07 bits per heavy atom. The van der Waals surface area contributed by atoms with Gasteiger partial charge in [-0.1, -0.05) is 18.2 Å². The zero-order valence-corrected chi connectivity index (χ0v) is 18.7. The molecule has 1 aromatic rings. The van der Waals surface area contributed by atoms with Crippen LogP contribution < -0.4 is 0 Å². The summed E-state index contributed by atoms with van der Waals surface area (Å²) < 4.78 is 59.3. The Balaban J connectivity index is 1.47. The van der Waals surface area contributed by atoms with Crippen LogP contribution in [-0.4, -0.2) is 94.1 Å². The van der Waals surface area contributed by atoms with Crippen molar-refractivity contribution in [3.63, 3.8) is 0 Å². The number of sulfone groups is 1. The molecule has 0 N–H and O–H groups in total. The molecule has 2 saturated heterocycles. The summed E-state index contributed by atoms with van der Waals surface area (Å²) in [5, 5.41) is 0. The van der Waals surface area contributed by atoms with Gasteiger partial charge in [0.2, 0.25) is 0 Å². The second kappa shape index (κ2) is 9.40. The third kappa shape index (κ3) is 5.77. The monoisotopic (exact) mass is 445 g/mol. The van der Waals surface area contributed by atoms with Gasteiger partial charge in [-0.05, 0) is 38.9 Å². The van der Waals surface area contributed by atoms with E-state index in [1.54, 1.807) is 30.3 Å². The first-order valence-corrected chi connectivity index (χ1v) is 13.1. The van der Waals surface area contributed by atoms with Gasteiger partial charge in [-0.15, -0.1) is 0 Å². The van der Waals surface area contributed by atoms with Crippen LogP contribution in [0.4, 0.5) is 0 Å². The Morgan fingerprint density at radius 2 is 1.48 bits per heavy atom. The Morgan fingerprint density at radius 1 is 0.897 bits per heavy atom. The van der Waals surface area contributed by atoms with E-state index in [0.29, 0.717) is 57.1 Å². The van der Waals surface area contributed by atoms with Crippen molar-refractivity contribution in [1.82, 2.24) is 13.5 Å². The fourth-order valence-electron chi connectivity index (χ4n) is 3.89. The molecule has 0 spiro atoms. The Labute approximate surface area is 174 Å². The van der Waals surface area contributed by atoms with Gasteiger partial charge in [-0.25, -0.2) is 8.42 Å². The number of benzene rings is 1. The lowest BCUT2D eigenvalue weighted by atomic mass is 10.3. The molecule has 0 aromatic heterocycles. The first kappa shape index (κ1) is 22.6. The summed E-state index contributed by atoms with van der Waals surface area (Å²) in [6.07, 6.45) is 0.311. The summed E-state index contributed by atoms with van der Waals surface area (Å²) in [5.41, 5.74) is 0. The lowest BCUT2D eigenvalue weighted by Gasteiger charge is -2.40. The molecule has 29 heavy (non-hydrogen) atoms. The van der Waals surface area contributed by atoms with E-state index in [1.807, 2.05) is 13.8 Å². The summed E-state index contributed by atoms with van der Waals surface area (Å²) in [7, 11) is -6.76. The van der Waals surface area contributed by atoms with Crippen LogP contribution in [-0.2, 0) is 24.8 Å². The predicted molar refractivity (Wildman–Crippen MR) is 112 cm³/mol. The van der Waals surface area contributed by atoms with Crippen molar-refractivity contribution < 1.29 is 21.6 Å². The molecular weight excluding hydrogens is 414 g/mol. The smallest absolute Gasteiger partial charge is 0.282 e. The minimum atomic E-state index is -3.49. The minimum absolute atomic E-state index is 0.0963. The van der Waals surface area contributed by atoms with Crippen molar-refractivity contribution in [2.45, 2.75) is 37.4 Å². The standard InChI is InChI=1S/C19H31N3O5S2/c1-17-15-22(16-18(2)27-17)29(25,26)21-12-10-20(11-13-21)9-6-14-28(23,24)19-7-4-3-5-8-19/h3-5,7-8,17-18H,6,9-16H2,1-2H3. The molecule has 0 radical (unpaired) electrons. The van der Waals surface area contributed by atoms with Crippen LogP contribution in [0, 0.1) is 0 Å². The molecule has 0 amide bonds. The van der Waals surface area contributed by atoms with Gasteiger partial charge < -0.3 is 9.64 Å². The van der Waals surface area contributed by atoms with Gasteiger partial charge in [0.25, 0.3) is 10.2 Å². The Bertz CT molecular complexity index is 858. The fourth-order valence-corrected chi connectivity index (χ4v) is 6.95. The van der Waals surface area contributed by atoms with E-state index >= 15 is 0 Å². The third-order valence-corrected chi connectivity index (χ3v) is 9.14. The van der Waals surface area contributed by atoms with Crippen LogP contribution in [0.1, 0.15) is 20.3 Å². The highest BCUT2D eigenvalue weighted by Gasteiger charge is 2.36. The van der Waals surface area contributed by atoms with E-state index in [4.69, 9.17) is 4.74 Å².